The number of para-hydroxylation sites is 1. The van der Waals surface area contributed by atoms with Gasteiger partial charge in [-0.1, -0.05) is 82.6 Å². The molecule has 0 radical (unpaired) electrons. The number of aromatic amines is 2. The van der Waals surface area contributed by atoms with Crippen molar-refractivity contribution in [1.82, 2.24) is 62.8 Å². The third-order valence-corrected chi connectivity index (χ3v) is 12.6. The number of carbonyl (C=O) groups excluding carboxylic acids is 9. The molecule has 2 aromatic carbocycles. The number of fused-ring (bicyclic) bond motifs is 1. The quantitative estimate of drug-likeness (QED) is 0.0229. The number of aromatic nitrogens is 3. The van der Waals surface area contributed by atoms with Gasteiger partial charge in [-0.15, -0.1) is 0 Å². The lowest BCUT2D eigenvalue weighted by Crippen LogP contribution is -2.62. The Balaban J connectivity index is 1.41. The van der Waals surface area contributed by atoms with Gasteiger partial charge in [0.1, 0.15) is 48.3 Å². The minimum atomic E-state index is -1.78. The van der Waals surface area contributed by atoms with Gasteiger partial charge < -0.3 is 84.0 Å². The van der Waals surface area contributed by atoms with Crippen molar-refractivity contribution < 1.29 is 68.4 Å². The third kappa shape index (κ3) is 18.5. The molecular formula is C51H71N13O14. The van der Waals surface area contributed by atoms with E-state index in [9.17, 15) is 68.4 Å². The average Bonchev–Trinajstić information content (AvgIpc) is 4.11. The molecule has 0 aliphatic rings. The van der Waals surface area contributed by atoms with Crippen LogP contribution in [0.5, 0.6) is 0 Å². The fourth-order valence-electron chi connectivity index (χ4n) is 7.97. The summed E-state index contributed by atoms with van der Waals surface area (Å²) in [7, 11) is 0. The van der Waals surface area contributed by atoms with E-state index < -0.39 is 152 Å². The first-order valence-electron chi connectivity index (χ1n) is 25.2. The third-order valence-electron chi connectivity index (χ3n) is 12.6. The number of carbonyl (C=O) groups is 10. The number of aliphatic hydroxyl groups excluding tert-OH is 3. The first kappa shape index (κ1) is 62.3. The molecular weight excluding hydrogens is 1020 g/mol. The van der Waals surface area contributed by atoms with Crippen LogP contribution in [0.25, 0.3) is 10.9 Å². The van der Waals surface area contributed by atoms with Crippen LogP contribution in [0, 0.1) is 11.8 Å². The lowest BCUT2D eigenvalue weighted by atomic mass is 9.96. The Labute approximate surface area is 448 Å². The van der Waals surface area contributed by atoms with Gasteiger partial charge in [-0.2, -0.15) is 0 Å². The molecule has 424 valence electrons. The number of amides is 9. The van der Waals surface area contributed by atoms with E-state index in [2.05, 4.69) is 62.8 Å². The van der Waals surface area contributed by atoms with Gasteiger partial charge in [0, 0.05) is 48.3 Å². The van der Waals surface area contributed by atoms with Crippen molar-refractivity contribution in [3.63, 3.8) is 0 Å². The number of hydrogen-bond donors (Lipinski definition) is 16. The Hall–Kier alpha value is -8.27. The fourth-order valence-corrected chi connectivity index (χ4v) is 7.97. The highest BCUT2D eigenvalue weighted by Crippen LogP contribution is 2.20. The number of nitrogens with zero attached hydrogens (tertiary/aromatic N) is 1. The Morgan fingerprint density at radius 1 is 0.590 bits per heavy atom. The number of benzene rings is 2. The number of carboxylic acids is 1. The second-order valence-corrected chi connectivity index (χ2v) is 18.9. The predicted octanol–water partition coefficient (Wildman–Crippen LogP) is -3.98. The van der Waals surface area contributed by atoms with Crippen molar-refractivity contribution in [2.75, 3.05) is 26.3 Å². The predicted molar refractivity (Wildman–Crippen MR) is 280 cm³/mol. The van der Waals surface area contributed by atoms with Crippen LogP contribution >= 0.6 is 0 Å². The summed E-state index contributed by atoms with van der Waals surface area (Å²) in [4.78, 5) is 143. The number of nitrogens with one attached hydrogen (secondary N) is 11. The molecule has 0 bridgehead atoms. The van der Waals surface area contributed by atoms with Gasteiger partial charge in [-0.3, -0.25) is 43.2 Å². The van der Waals surface area contributed by atoms with E-state index in [1.54, 1.807) is 74.6 Å². The summed E-state index contributed by atoms with van der Waals surface area (Å²) in [6.45, 7) is 4.35. The number of rotatable bonds is 31. The Morgan fingerprint density at radius 3 is 1.72 bits per heavy atom. The van der Waals surface area contributed by atoms with E-state index in [-0.39, 0.29) is 19.3 Å². The molecule has 27 nitrogen and oxygen atoms in total. The highest BCUT2D eigenvalue weighted by molar-refractivity contribution is 5.98. The number of aliphatic hydroxyl groups is 3. The van der Waals surface area contributed by atoms with Gasteiger partial charge >= 0.3 is 5.97 Å². The summed E-state index contributed by atoms with van der Waals surface area (Å²) in [5, 5.41) is 63.3. The molecule has 0 spiro atoms. The van der Waals surface area contributed by atoms with Gasteiger partial charge in [0.25, 0.3) is 0 Å². The maximum absolute atomic E-state index is 14.1. The molecule has 78 heavy (non-hydrogen) atoms. The zero-order chi connectivity index (χ0) is 57.6. The zero-order valence-corrected chi connectivity index (χ0v) is 43.8. The van der Waals surface area contributed by atoms with Crippen LogP contribution in [-0.4, -0.2) is 175 Å². The molecule has 2 heterocycles. The first-order chi connectivity index (χ1) is 37.1. The molecule has 17 N–H and O–H groups in total. The summed E-state index contributed by atoms with van der Waals surface area (Å²) >= 11 is 0. The van der Waals surface area contributed by atoms with Gasteiger partial charge in [-0.05, 0) is 36.0 Å². The smallest absolute Gasteiger partial charge is 0.326 e. The molecule has 10 atom stereocenters. The normalized spacial score (nSPS) is 15.1. The lowest BCUT2D eigenvalue weighted by Gasteiger charge is -2.29. The number of aliphatic carboxylic acids is 1. The van der Waals surface area contributed by atoms with Crippen molar-refractivity contribution in [2.24, 2.45) is 17.6 Å². The molecule has 0 fully saturated rings. The molecule has 27 heteroatoms. The van der Waals surface area contributed by atoms with Crippen LogP contribution in [-0.2, 0) is 67.2 Å². The molecule has 0 saturated heterocycles. The number of hydrogen-bond acceptors (Lipinski definition) is 15. The van der Waals surface area contributed by atoms with Crippen molar-refractivity contribution in [3.05, 3.63) is 90.1 Å². The fraction of sp³-hybridized carbons (Fsp3) is 0.471. The minimum absolute atomic E-state index is 0.00483. The Bertz CT molecular complexity index is 2680. The first-order valence-corrected chi connectivity index (χ1v) is 25.2. The topological polar surface area (TPSA) is 430 Å². The maximum Gasteiger partial charge on any atom is 0.326 e. The largest absolute Gasteiger partial charge is 0.480 e. The van der Waals surface area contributed by atoms with Crippen LogP contribution in [0.4, 0.5) is 0 Å². The lowest BCUT2D eigenvalue weighted by molar-refractivity contribution is -0.142. The molecule has 0 aliphatic carbocycles. The number of imidazole rings is 1. The Morgan fingerprint density at radius 2 is 1.13 bits per heavy atom. The number of carboxylic acid groups (broad SMARTS) is 1. The van der Waals surface area contributed by atoms with E-state index in [1.165, 1.54) is 33.3 Å². The van der Waals surface area contributed by atoms with E-state index in [0.717, 1.165) is 5.52 Å². The molecule has 4 rings (SSSR count). The standard InChI is InChI=1S/C51H71N13O14/c1-6-27(4)42(49(75)59-36(51(77)78)18-31-21-53-25-56-31)63-46(72)35(17-30-20-54-33-15-11-10-14-32(30)33)58-40(69)22-55-44(70)37(23-65)60-47(73)38(24-66)61-48(74)41(26(2)3)62-50(76)43(28(5)67)64-45(71)34(57-39(68)19-52)16-29-12-8-7-9-13-29/h7-15,20-21,25-28,34-38,41-43,54,65-67H,6,16-19,22-24,52H2,1-5H3,(H,53,56)(H,55,70)(H,57,68)(H,58,69)(H,59,75)(H,60,73)(H,61,74)(H,62,76)(H,63,72)(H,64,71)(H,77,78)/t27-,28+,34-,35-,36-,37-,38-,41-,42-,43-/m0/s1. The molecule has 0 aliphatic heterocycles. The summed E-state index contributed by atoms with van der Waals surface area (Å²) in [5.41, 5.74) is 7.85. The van der Waals surface area contributed by atoms with Gasteiger partial charge in [0.15, 0.2) is 0 Å². The number of nitrogens with two attached hydrogens (primary N) is 1. The van der Waals surface area contributed by atoms with Crippen molar-refractivity contribution in [2.45, 2.75) is 115 Å². The van der Waals surface area contributed by atoms with Crippen molar-refractivity contribution in [1.29, 1.82) is 0 Å². The van der Waals surface area contributed by atoms with Gasteiger partial charge in [-0.25, -0.2) is 9.78 Å². The van der Waals surface area contributed by atoms with Crippen LogP contribution in [0.15, 0.2) is 73.3 Å². The summed E-state index contributed by atoms with van der Waals surface area (Å²) in [5.74, 6) is -11.0. The SMILES string of the molecule is CC[C@H](C)[C@H](NC(=O)[C@H](Cc1c[nH]c2ccccc12)NC(=O)CNC(=O)[C@H](CO)NC(=O)[C@H](CO)NC(=O)[C@@H](NC(=O)[C@@H](NC(=O)[C@H](Cc1ccccc1)NC(=O)CN)[C@@H](C)O)C(C)C)C(=O)N[C@@H](Cc1cnc[nH]1)C(=O)O. The number of H-pyrrole nitrogens is 2. The van der Waals surface area contributed by atoms with Crippen LogP contribution in [0.2, 0.25) is 0 Å². The maximum atomic E-state index is 14.1. The summed E-state index contributed by atoms with van der Waals surface area (Å²) in [6, 6.07) is 3.80. The summed E-state index contributed by atoms with van der Waals surface area (Å²) < 4.78 is 0. The van der Waals surface area contributed by atoms with E-state index in [0.29, 0.717) is 28.6 Å². The van der Waals surface area contributed by atoms with E-state index in [1.807, 2.05) is 0 Å². The highest BCUT2D eigenvalue weighted by atomic mass is 16.4. The molecule has 2 aromatic heterocycles. The monoisotopic (exact) mass is 1090 g/mol. The second-order valence-electron chi connectivity index (χ2n) is 18.9. The van der Waals surface area contributed by atoms with Crippen LogP contribution < -0.4 is 53.6 Å². The van der Waals surface area contributed by atoms with Crippen molar-refractivity contribution in [3.8, 4) is 0 Å². The molecule has 4 aromatic rings. The minimum Gasteiger partial charge on any atom is -0.480 e. The molecule has 0 saturated carbocycles. The average molecular weight is 1090 g/mol. The van der Waals surface area contributed by atoms with E-state index >= 15 is 0 Å². The molecule has 0 unspecified atom stereocenters. The Kier molecular flexibility index (Phi) is 24.3. The highest BCUT2D eigenvalue weighted by Gasteiger charge is 2.37. The van der Waals surface area contributed by atoms with Gasteiger partial charge in [0.2, 0.25) is 53.2 Å². The van der Waals surface area contributed by atoms with E-state index in [4.69, 9.17) is 5.73 Å². The molecule has 9 amide bonds. The zero-order valence-electron chi connectivity index (χ0n) is 43.8. The van der Waals surface area contributed by atoms with Crippen LogP contribution in [0.1, 0.15) is 57.9 Å². The van der Waals surface area contributed by atoms with Crippen molar-refractivity contribution >= 4 is 70.0 Å². The van der Waals surface area contributed by atoms with Crippen LogP contribution in [0.3, 0.4) is 0 Å². The second kappa shape index (κ2) is 30.5. The summed E-state index contributed by atoms with van der Waals surface area (Å²) in [6.07, 6.45) is 2.97. The van der Waals surface area contributed by atoms with Gasteiger partial charge in [0.05, 0.1) is 38.7 Å².